The van der Waals surface area contributed by atoms with Gasteiger partial charge in [0.1, 0.15) is 18.5 Å². The molecule has 2 saturated heterocycles. The number of hydrogen-bond acceptors (Lipinski definition) is 10. The molecule has 0 radical (unpaired) electrons. The third-order valence-corrected chi connectivity index (χ3v) is 15.6. The molecule has 3 aromatic rings. The average Bonchev–Trinajstić information content (AvgIpc) is 3.86. The van der Waals surface area contributed by atoms with Gasteiger partial charge < -0.3 is 30.3 Å². The quantitative estimate of drug-likeness (QED) is 0.182. The monoisotopic (exact) mass is 739 g/mol. The molecule has 2 aliphatic carbocycles. The zero-order valence-electron chi connectivity index (χ0n) is 28.9. The van der Waals surface area contributed by atoms with E-state index < -0.39 is 42.9 Å². The summed E-state index contributed by atoms with van der Waals surface area (Å²) in [6.07, 6.45) is 5.71. The molecule has 4 fully saturated rings. The highest BCUT2D eigenvalue weighted by molar-refractivity contribution is 7.93. The largest absolute Gasteiger partial charge is 0.491 e. The fourth-order valence-electron chi connectivity index (χ4n) is 7.32. The maximum Gasteiger partial charge on any atom is 0.243 e. The van der Waals surface area contributed by atoms with E-state index in [0.717, 1.165) is 17.7 Å². The molecule has 2 heterocycles. The summed E-state index contributed by atoms with van der Waals surface area (Å²) < 4.78 is 65.8. The highest BCUT2D eigenvalue weighted by Gasteiger charge is 2.54. The summed E-state index contributed by atoms with van der Waals surface area (Å²) >= 11 is 0. The number of nitrogens with zero attached hydrogens (tertiary/aromatic N) is 1. The number of piperidine rings is 1. The molecule has 0 bridgehead atoms. The van der Waals surface area contributed by atoms with Crippen LogP contribution in [0.2, 0.25) is 0 Å². The molecule has 0 unspecified atom stereocenters. The van der Waals surface area contributed by atoms with Crippen molar-refractivity contribution < 1.29 is 36.5 Å². The Balaban J connectivity index is 0.870. The van der Waals surface area contributed by atoms with Gasteiger partial charge in [0.05, 0.1) is 33.4 Å². The molecule has 2 saturated carbocycles. The number of aliphatic hydroxyl groups is 2. The summed E-state index contributed by atoms with van der Waals surface area (Å²) in [6.45, 7) is 1.86. The van der Waals surface area contributed by atoms with Crippen LogP contribution in [0.5, 0.6) is 5.75 Å². The van der Waals surface area contributed by atoms with E-state index in [1.54, 1.807) is 34.6 Å². The summed E-state index contributed by atoms with van der Waals surface area (Å²) in [6, 6.07) is 22.3. The lowest BCUT2D eigenvalue weighted by molar-refractivity contribution is -0.0312. The molecule has 7 rings (SSSR count). The molecule has 3 aromatic carbocycles. The second-order valence-electron chi connectivity index (χ2n) is 14.7. The zero-order valence-corrected chi connectivity index (χ0v) is 30.5. The Morgan fingerprint density at radius 3 is 2.27 bits per heavy atom. The lowest BCUT2D eigenvalue weighted by Gasteiger charge is -2.38. The van der Waals surface area contributed by atoms with Gasteiger partial charge in [-0.15, -0.1) is 0 Å². The topological polar surface area (TPSA) is 154 Å². The van der Waals surface area contributed by atoms with Crippen LogP contribution >= 0.6 is 0 Å². The molecule has 0 amide bonds. The van der Waals surface area contributed by atoms with Crippen LogP contribution in [0.3, 0.4) is 0 Å². The molecule has 4 N–H and O–H groups in total. The van der Waals surface area contributed by atoms with Crippen molar-refractivity contribution >= 4 is 19.9 Å². The van der Waals surface area contributed by atoms with Crippen molar-refractivity contribution in [2.45, 2.75) is 96.2 Å². The fourth-order valence-corrected chi connectivity index (χ4v) is 10.6. The number of benzene rings is 3. The van der Waals surface area contributed by atoms with E-state index in [1.807, 2.05) is 6.07 Å². The molecule has 1 spiro atoms. The first-order valence-corrected chi connectivity index (χ1v) is 21.0. The predicted molar refractivity (Wildman–Crippen MR) is 194 cm³/mol. The van der Waals surface area contributed by atoms with Crippen molar-refractivity contribution in [1.82, 2.24) is 14.9 Å². The minimum atomic E-state index is -3.68. The van der Waals surface area contributed by atoms with Crippen LogP contribution in [-0.4, -0.2) is 99.3 Å². The minimum absolute atomic E-state index is 0.00144. The van der Waals surface area contributed by atoms with Crippen molar-refractivity contribution in [3.63, 3.8) is 0 Å². The summed E-state index contributed by atoms with van der Waals surface area (Å²) in [5.74, 6) is 0.335. The van der Waals surface area contributed by atoms with E-state index in [9.17, 15) is 27.0 Å². The van der Waals surface area contributed by atoms with Gasteiger partial charge >= 0.3 is 0 Å². The third-order valence-electron chi connectivity index (χ3n) is 11.2. The Bertz CT molecular complexity index is 1890. The zero-order chi connectivity index (χ0) is 35.7. The van der Waals surface area contributed by atoms with Crippen LogP contribution in [-0.2, 0) is 31.1 Å². The lowest BCUT2D eigenvalue weighted by atomic mass is 9.88. The molecule has 0 aromatic heterocycles. The van der Waals surface area contributed by atoms with Crippen molar-refractivity contribution in [2.75, 3.05) is 39.5 Å². The summed E-state index contributed by atoms with van der Waals surface area (Å²) in [7, 11) is -7.35. The van der Waals surface area contributed by atoms with Crippen LogP contribution in [0, 0.1) is 0 Å². The van der Waals surface area contributed by atoms with Crippen LogP contribution in [0.1, 0.15) is 56.9 Å². The van der Waals surface area contributed by atoms with E-state index >= 15 is 0 Å². The Morgan fingerprint density at radius 2 is 1.59 bits per heavy atom. The smallest absolute Gasteiger partial charge is 0.243 e. The van der Waals surface area contributed by atoms with E-state index in [-0.39, 0.29) is 24.1 Å². The Hall–Kier alpha value is -2.88. The van der Waals surface area contributed by atoms with Gasteiger partial charge in [0, 0.05) is 38.3 Å². The van der Waals surface area contributed by atoms with E-state index in [4.69, 9.17) is 9.47 Å². The standard InChI is InChI=1S/C38H49N3O8S2/c42-27-38(14-15-38)50(44,45)35-8-3-7-34(21-35)48-26-33(43)24-40-32-22-37(49-25-32)16-18-41(19-17-37)51(46,47)36-9-1-4-30(20-36)29-12-10-28(11-13-29)23-39-31-5-2-6-31/h1,3-4,7-13,20-21,31-33,39-40,42-43H,2,5-6,14-19,22-27H2/t32-,33+/m1/s1. The van der Waals surface area contributed by atoms with Gasteiger partial charge in [0.15, 0.2) is 9.84 Å². The Morgan fingerprint density at radius 1 is 0.863 bits per heavy atom. The summed E-state index contributed by atoms with van der Waals surface area (Å²) in [5.41, 5.74) is 2.65. The van der Waals surface area contributed by atoms with Crippen molar-refractivity contribution in [2.24, 2.45) is 0 Å². The Kier molecular flexibility index (Phi) is 10.6. The van der Waals surface area contributed by atoms with E-state index in [0.29, 0.717) is 68.5 Å². The van der Waals surface area contributed by atoms with Gasteiger partial charge in [0.25, 0.3) is 0 Å². The minimum Gasteiger partial charge on any atom is -0.491 e. The number of hydrogen-bond donors (Lipinski definition) is 4. The first-order chi connectivity index (χ1) is 24.5. The van der Waals surface area contributed by atoms with Crippen molar-refractivity contribution in [1.29, 1.82) is 0 Å². The highest BCUT2D eigenvalue weighted by Crippen LogP contribution is 2.46. The second-order valence-corrected chi connectivity index (χ2v) is 19.0. The average molecular weight is 740 g/mol. The SMILES string of the molecule is O=S(=O)(c1cccc(-c2ccc(CNC3CCC3)cc2)c1)N1CCC2(CC1)C[C@@H](NC[C@H](O)COc1cccc(S(=O)(=O)C3(CO)CC3)c1)CO2. The van der Waals surface area contributed by atoms with Gasteiger partial charge in [-0.3, -0.25) is 0 Å². The van der Waals surface area contributed by atoms with E-state index in [1.165, 1.54) is 37.0 Å². The van der Waals surface area contributed by atoms with Gasteiger partial charge in [-0.05, 0) is 92.0 Å². The molecule has 13 heteroatoms. The normalized spacial score (nSPS) is 22.4. The summed E-state index contributed by atoms with van der Waals surface area (Å²) in [4.78, 5) is 0.396. The number of nitrogens with one attached hydrogen (secondary N) is 2. The van der Waals surface area contributed by atoms with Crippen molar-refractivity contribution in [3.8, 4) is 16.9 Å². The Labute approximate surface area is 301 Å². The second kappa shape index (κ2) is 14.9. The molecular formula is C38H49N3O8S2. The molecule has 2 aliphatic heterocycles. The van der Waals surface area contributed by atoms with Crippen LogP contribution < -0.4 is 15.4 Å². The highest BCUT2D eigenvalue weighted by atomic mass is 32.2. The molecule has 2 atom stereocenters. The maximum atomic E-state index is 13.7. The number of aliphatic hydroxyl groups excluding tert-OH is 2. The van der Waals surface area contributed by atoms with E-state index in [2.05, 4.69) is 34.9 Å². The third kappa shape index (κ3) is 7.91. The number of sulfonamides is 1. The van der Waals surface area contributed by atoms with Gasteiger partial charge in [-0.1, -0.05) is 48.9 Å². The first kappa shape index (κ1) is 36.5. The number of rotatable bonds is 15. The number of ether oxygens (including phenoxy) is 2. The van der Waals surface area contributed by atoms with Crippen LogP contribution in [0.25, 0.3) is 11.1 Å². The lowest BCUT2D eigenvalue weighted by Crippen LogP contribution is -2.47. The van der Waals surface area contributed by atoms with Crippen LogP contribution in [0.4, 0.5) is 0 Å². The molecule has 51 heavy (non-hydrogen) atoms. The van der Waals surface area contributed by atoms with Gasteiger partial charge in [-0.2, -0.15) is 4.31 Å². The molecule has 11 nitrogen and oxygen atoms in total. The molecule has 4 aliphatic rings. The number of sulfone groups is 1. The molecule has 276 valence electrons. The van der Waals surface area contributed by atoms with Gasteiger partial charge in [0.2, 0.25) is 10.0 Å². The van der Waals surface area contributed by atoms with Crippen LogP contribution in [0.15, 0.2) is 82.6 Å². The fraction of sp³-hybridized carbons (Fsp3) is 0.526. The first-order valence-electron chi connectivity index (χ1n) is 18.1. The van der Waals surface area contributed by atoms with Gasteiger partial charge in [-0.25, -0.2) is 16.8 Å². The van der Waals surface area contributed by atoms with Crippen molar-refractivity contribution in [3.05, 3.63) is 78.4 Å². The predicted octanol–water partition coefficient (Wildman–Crippen LogP) is 3.64. The molecular weight excluding hydrogens is 691 g/mol. The maximum absolute atomic E-state index is 13.7. The summed E-state index contributed by atoms with van der Waals surface area (Å²) in [5, 5.41) is 27.2.